The zero-order valence-corrected chi connectivity index (χ0v) is 28.5. The molecule has 4 aromatic rings. The Kier molecular flexibility index (Phi) is 6.45. The van der Waals surface area contributed by atoms with E-state index in [1.807, 2.05) is 6.92 Å². The van der Waals surface area contributed by atoms with Crippen LogP contribution in [-0.4, -0.2) is 72.7 Å². The predicted molar refractivity (Wildman–Crippen MR) is 181 cm³/mol. The van der Waals surface area contributed by atoms with Gasteiger partial charge in [-0.2, -0.15) is 10.4 Å². The van der Waals surface area contributed by atoms with Crippen molar-refractivity contribution in [3.8, 4) is 17.6 Å². The summed E-state index contributed by atoms with van der Waals surface area (Å²) in [7, 11) is 2.21. The monoisotopic (exact) mass is 653 g/mol. The first-order valence-corrected chi connectivity index (χ1v) is 18.2. The summed E-state index contributed by atoms with van der Waals surface area (Å²) in [4.78, 5) is 16.6. The number of piperidine rings is 1. The topological polar surface area (TPSA) is 146 Å². The van der Waals surface area contributed by atoms with Gasteiger partial charge >= 0.3 is 0 Å². The van der Waals surface area contributed by atoms with Crippen LogP contribution < -0.4 is 10.6 Å². The van der Waals surface area contributed by atoms with Crippen LogP contribution >= 0.6 is 11.3 Å². The predicted octanol–water partition coefficient (Wildman–Crippen LogP) is 5.45. The number of aromatic nitrogens is 5. The van der Waals surface area contributed by atoms with Crippen molar-refractivity contribution in [2.24, 2.45) is 0 Å². The standard InChI is InChI=1S/C35H43N9O2S/c1-18-22-11-14-34(3,45)17-43(22)32-25-27(18)40-44(19(2)23-9-7-15-42(23)4)33(25)39-31(38-32)28-20-8-5-12-35(29(20)46-41-28)13-6-10-24-26(35)21(16-36)30(37)47-24/h18-19,22-23,45H,5-15,17,37H2,1-4H3. The quantitative estimate of drug-likeness (QED) is 0.293. The summed E-state index contributed by atoms with van der Waals surface area (Å²) in [6.07, 6.45) is 9.47. The number of rotatable bonds is 3. The lowest BCUT2D eigenvalue weighted by Gasteiger charge is -2.47. The van der Waals surface area contributed by atoms with Crippen LogP contribution in [0.3, 0.4) is 0 Å². The second-order valence-corrected chi connectivity index (χ2v) is 16.4. The fourth-order valence-corrected chi connectivity index (χ4v) is 11.2. The molecule has 7 heterocycles. The first kappa shape index (κ1) is 29.6. The van der Waals surface area contributed by atoms with Gasteiger partial charge in [0.2, 0.25) is 0 Å². The molecule has 11 nitrogen and oxygen atoms in total. The molecular weight excluding hydrogens is 611 g/mol. The number of likely N-dealkylation sites (N-methyl/N-ethyl adjacent to an activating group) is 1. The number of anilines is 2. The van der Waals surface area contributed by atoms with Crippen molar-refractivity contribution in [1.29, 1.82) is 5.26 Å². The van der Waals surface area contributed by atoms with E-state index in [-0.39, 0.29) is 18.0 Å². The van der Waals surface area contributed by atoms with Crippen LogP contribution in [0.15, 0.2) is 4.52 Å². The Hall–Kier alpha value is -3.53. The first-order chi connectivity index (χ1) is 22.6. The molecule has 6 atom stereocenters. The molecule has 0 radical (unpaired) electrons. The van der Waals surface area contributed by atoms with Crippen LogP contribution in [0, 0.1) is 11.3 Å². The van der Waals surface area contributed by atoms with E-state index < -0.39 is 11.0 Å². The molecule has 0 aromatic carbocycles. The van der Waals surface area contributed by atoms with Crippen LogP contribution in [0.2, 0.25) is 0 Å². The van der Waals surface area contributed by atoms with Crippen molar-refractivity contribution >= 4 is 33.2 Å². The smallest absolute Gasteiger partial charge is 0.186 e. The third kappa shape index (κ3) is 4.09. The van der Waals surface area contributed by atoms with Gasteiger partial charge in [0.25, 0.3) is 0 Å². The number of aliphatic hydroxyl groups is 1. The maximum atomic E-state index is 11.3. The number of hydrogen-bond acceptors (Lipinski definition) is 11. The van der Waals surface area contributed by atoms with Gasteiger partial charge in [0, 0.05) is 35.0 Å². The maximum absolute atomic E-state index is 11.3. The van der Waals surface area contributed by atoms with Crippen LogP contribution in [0.25, 0.3) is 22.6 Å². The zero-order valence-electron chi connectivity index (χ0n) is 27.7. The molecule has 1 spiro atoms. The number of nitrogens with zero attached hydrogens (tertiary/aromatic N) is 8. The molecule has 4 aromatic heterocycles. The summed E-state index contributed by atoms with van der Waals surface area (Å²) in [5, 5.41) is 33.1. The Morgan fingerprint density at radius 2 is 1.96 bits per heavy atom. The van der Waals surface area contributed by atoms with Gasteiger partial charge in [0.05, 0.1) is 33.7 Å². The SMILES string of the molecule is CC1c2nn(C(C)C3CCCN3C)c3nc(-c4noc5c4CCCC54CCCc5sc(N)c(C#N)c54)nc(c23)N2CC(C)(O)CCC12. The molecule has 0 amide bonds. The Labute approximate surface area is 278 Å². The largest absolute Gasteiger partial charge is 0.389 e. The highest BCUT2D eigenvalue weighted by atomic mass is 32.1. The third-order valence-corrected chi connectivity index (χ3v) is 13.4. The molecule has 2 aliphatic carbocycles. The van der Waals surface area contributed by atoms with E-state index in [9.17, 15) is 10.4 Å². The van der Waals surface area contributed by atoms with Gasteiger partial charge in [-0.05, 0) is 97.2 Å². The van der Waals surface area contributed by atoms with Gasteiger partial charge in [-0.15, -0.1) is 11.3 Å². The number of likely N-dealkylation sites (tertiary alicyclic amines) is 1. The van der Waals surface area contributed by atoms with Gasteiger partial charge in [-0.25, -0.2) is 14.6 Å². The maximum Gasteiger partial charge on any atom is 0.186 e. The molecule has 9 rings (SSSR count). The highest BCUT2D eigenvalue weighted by Crippen LogP contribution is 2.55. The van der Waals surface area contributed by atoms with Crippen molar-refractivity contribution in [3.05, 3.63) is 33.0 Å². The van der Waals surface area contributed by atoms with E-state index in [2.05, 4.69) is 41.4 Å². The highest BCUT2D eigenvalue weighted by Gasteiger charge is 2.50. The number of hydrogen-bond donors (Lipinski definition) is 2. The summed E-state index contributed by atoms with van der Waals surface area (Å²) >= 11 is 1.56. The highest BCUT2D eigenvalue weighted by molar-refractivity contribution is 7.16. The summed E-state index contributed by atoms with van der Waals surface area (Å²) in [5.41, 5.74) is 10.5. The van der Waals surface area contributed by atoms with Crippen LogP contribution in [0.1, 0.15) is 117 Å². The van der Waals surface area contributed by atoms with E-state index in [1.54, 1.807) is 11.3 Å². The minimum atomic E-state index is -0.806. The van der Waals surface area contributed by atoms with Gasteiger partial charge in [-0.3, -0.25) is 0 Å². The van der Waals surface area contributed by atoms with E-state index in [0.717, 1.165) is 104 Å². The number of fused-ring (bicyclic) bond motifs is 6. The van der Waals surface area contributed by atoms with Crippen LogP contribution in [-0.2, 0) is 18.3 Å². The van der Waals surface area contributed by atoms with Gasteiger partial charge in [0.15, 0.2) is 22.9 Å². The molecule has 0 bridgehead atoms. The van der Waals surface area contributed by atoms with Gasteiger partial charge in [0.1, 0.15) is 16.9 Å². The van der Waals surface area contributed by atoms with Crippen molar-refractivity contribution in [2.45, 2.75) is 120 Å². The number of nitrogen functional groups attached to an aromatic ring is 1. The van der Waals surface area contributed by atoms with Crippen molar-refractivity contribution in [2.75, 3.05) is 30.8 Å². The molecule has 47 heavy (non-hydrogen) atoms. The van der Waals surface area contributed by atoms with E-state index in [1.165, 1.54) is 11.3 Å². The minimum Gasteiger partial charge on any atom is -0.389 e. The lowest BCUT2D eigenvalue weighted by Crippen LogP contribution is -2.54. The second-order valence-electron chi connectivity index (χ2n) is 15.2. The summed E-state index contributed by atoms with van der Waals surface area (Å²) in [5.74, 6) is 2.45. The molecule has 6 unspecified atom stereocenters. The first-order valence-electron chi connectivity index (χ1n) is 17.4. The summed E-state index contributed by atoms with van der Waals surface area (Å²) in [6, 6.07) is 3.13. The lowest BCUT2D eigenvalue weighted by molar-refractivity contribution is 0.0337. The minimum absolute atomic E-state index is 0.128. The molecule has 2 fully saturated rings. The average molecular weight is 654 g/mol. The van der Waals surface area contributed by atoms with E-state index in [0.29, 0.717) is 34.7 Å². The Morgan fingerprint density at radius 1 is 1.15 bits per heavy atom. The van der Waals surface area contributed by atoms with Gasteiger partial charge < -0.3 is 25.2 Å². The fraction of sp³-hybridized carbons (Fsp3) is 0.629. The van der Waals surface area contributed by atoms with Gasteiger partial charge in [-0.1, -0.05) is 12.1 Å². The number of thiophene rings is 1. The van der Waals surface area contributed by atoms with E-state index >= 15 is 0 Å². The van der Waals surface area contributed by atoms with Crippen molar-refractivity contribution in [1.82, 2.24) is 29.8 Å². The van der Waals surface area contributed by atoms with Crippen LogP contribution in [0.4, 0.5) is 10.8 Å². The molecule has 2 saturated heterocycles. The average Bonchev–Trinajstić information content (AvgIpc) is 3.83. The number of aryl methyl sites for hydroxylation is 1. The number of nitriles is 1. The van der Waals surface area contributed by atoms with Crippen LogP contribution in [0.5, 0.6) is 0 Å². The Bertz CT molecular complexity index is 1960. The molecule has 12 heteroatoms. The van der Waals surface area contributed by atoms with E-state index in [4.69, 9.17) is 30.5 Å². The lowest BCUT2D eigenvalue weighted by atomic mass is 9.63. The Morgan fingerprint density at radius 3 is 2.72 bits per heavy atom. The Balaban J connectivity index is 1.25. The summed E-state index contributed by atoms with van der Waals surface area (Å²) in [6.45, 7) is 8.07. The van der Waals surface area contributed by atoms with Crippen molar-refractivity contribution in [3.63, 3.8) is 0 Å². The fourth-order valence-electron chi connectivity index (χ4n) is 10.00. The normalized spacial score (nSPS) is 30.7. The zero-order chi connectivity index (χ0) is 32.4. The molecule has 0 saturated carbocycles. The molecule has 3 N–H and O–H groups in total. The molecule has 246 valence electrons. The second kappa shape index (κ2) is 10.2. The summed E-state index contributed by atoms with van der Waals surface area (Å²) < 4.78 is 8.54. The molecular formula is C35H43N9O2S. The molecule has 3 aliphatic heterocycles. The third-order valence-electron chi connectivity index (χ3n) is 12.3. The van der Waals surface area contributed by atoms with Crippen molar-refractivity contribution < 1.29 is 9.63 Å². The molecule has 5 aliphatic rings. The number of nitrogens with two attached hydrogens (primary N) is 1.